The zero-order chi connectivity index (χ0) is 13.1. The topological polar surface area (TPSA) is 44.5 Å². The molecule has 0 aliphatic heterocycles. The van der Waals surface area contributed by atoms with Gasteiger partial charge in [0.15, 0.2) is 17.9 Å². The molecule has 5 heteroatoms. The van der Waals surface area contributed by atoms with Crippen LogP contribution in [0.15, 0.2) is 18.2 Å². The van der Waals surface area contributed by atoms with Crippen LogP contribution >= 0.6 is 0 Å². The molecule has 0 spiro atoms. The molecule has 0 saturated heterocycles. The third-order valence-electron chi connectivity index (χ3n) is 2.68. The molecule has 0 aromatic heterocycles. The molecule has 0 fully saturated rings. The predicted molar refractivity (Wildman–Crippen MR) is 60.3 cm³/mol. The molecule has 96 valence electrons. The van der Waals surface area contributed by atoms with Gasteiger partial charge in [0, 0.05) is 31.7 Å². The van der Waals surface area contributed by atoms with E-state index in [0.29, 0.717) is 0 Å². The minimum absolute atomic E-state index is 0.108. The van der Waals surface area contributed by atoms with E-state index >= 15 is 0 Å². The number of hydrogen-bond donors (Lipinski definition) is 1. The lowest BCUT2D eigenvalue weighted by molar-refractivity contribution is -0.116. The van der Waals surface area contributed by atoms with Gasteiger partial charge >= 0.3 is 0 Å². The van der Waals surface area contributed by atoms with Gasteiger partial charge in [0.25, 0.3) is 0 Å². The molecule has 1 atom stereocenters. The average molecular weight is 245 g/mol. The second-order valence-corrected chi connectivity index (χ2v) is 4.12. The molecule has 3 nitrogen and oxygen atoms in total. The Hall–Kier alpha value is -1.04. The Labute approximate surface area is 99.5 Å². The van der Waals surface area contributed by atoms with Crippen molar-refractivity contribution in [2.75, 3.05) is 14.2 Å². The maximum atomic E-state index is 13.6. The van der Waals surface area contributed by atoms with Crippen molar-refractivity contribution < 1.29 is 18.3 Å². The maximum absolute atomic E-state index is 13.6. The number of ether oxygens (including phenoxy) is 2. The Kier molecular flexibility index (Phi) is 4.56. The maximum Gasteiger partial charge on any atom is 0.163 e. The molecular formula is C12H17F2NO2. The summed E-state index contributed by atoms with van der Waals surface area (Å²) < 4.78 is 36.8. The second-order valence-electron chi connectivity index (χ2n) is 4.12. The Morgan fingerprint density at radius 2 is 1.88 bits per heavy atom. The number of rotatable bonds is 5. The van der Waals surface area contributed by atoms with Gasteiger partial charge in [-0.15, -0.1) is 0 Å². The van der Waals surface area contributed by atoms with E-state index in [-0.39, 0.29) is 12.0 Å². The summed E-state index contributed by atoms with van der Waals surface area (Å²) in [5.41, 5.74) is 5.03. The first kappa shape index (κ1) is 14.0. The van der Waals surface area contributed by atoms with Crippen molar-refractivity contribution in [2.24, 2.45) is 5.73 Å². The van der Waals surface area contributed by atoms with E-state index in [1.54, 1.807) is 6.92 Å². The monoisotopic (exact) mass is 245 g/mol. The van der Waals surface area contributed by atoms with Crippen LogP contribution in [0.2, 0.25) is 0 Å². The van der Waals surface area contributed by atoms with Crippen molar-refractivity contribution >= 4 is 0 Å². The molecule has 0 aliphatic carbocycles. The number of nitrogens with two attached hydrogens (primary N) is 1. The van der Waals surface area contributed by atoms with Crippen LogP contribution in [0.3, 0.4) is 0 Å². The fourth-order valence-corrected chi connectivity index (χ4v) is 1.66. The summed E-state index contributed by atoms with van der Waals surface area (Å²) in [6.45, 7) is 1.61. The predicted octanol–water partition coefficient (Wildman–Crippen LogP) is 2.15. The van der Waals surface area contributed by atoms with Gasteiger partial charge in [-0.2, -0.15) is 0 Å². The van der Waals surface area contributed by atoms with Gasteiger partial charge in [0.1, 0.15) is 0 Å². The Morgan fingerprint density at radius 3 is 2.41 bits per heavy atom. The van der Waals surface area contributed by atoms with Crippen LogP contribution in [0.4, 0.5) is 8.78 Å². The molecule has 0 radical (unpaired) electrons. The average Bonchev–Trinajstić information content (AvgIpc) is 2.29. The van der Waals surface area contributed by atoms with Crippen LogP contribution in [0.1, 0.15) is 18.9 Å². The van der Waals surface area contributed by atoms with E-state index in [1.807, 2.05) is 0 Å². The third kappa shape index (κ3) is 3.21. The first-order valence-corrected chi connectivity index (χ1v) is 5.21. The lowest BCUT2D eigenvalue weighted by atomic mass is 9.89. The van der Waals surface area contributed by atoms with Crippen LogP contribution in [0, 0.1) is 11.6 Å². The summed E-state index contributed by atoms with van der Waals surface area (Å²) >= 11 is 0. The van der Waals surface area contributed by atoms with Crippen LogP contribution in [0.5, 0.6) is 0 Å². The van der Waals surface area contributed by atoms with Crippen molar-refractivity contribution in [3.8, 4) is 0 Å². The van der Waals surface area contributed by atoms with Gasteiger partial charge in [-0.05, 0) is 13.0 Å². The van der Waals surface area contributed by atoms with E-state index in [2.05, 4.69) is 0 Å². The van der Waals surface area contributed by atoms with Crippen molar-refractivity contribution in [2.45, 2.75) is 25.2 Å². The zero-order valence-electron chi connectivity index (χ0n) is 10.2. The third-order valence-corrected chi connectivity index (χ3v) is 2.68. The van der Waals surface area contributed by atoms with Gasteiger partial charge in [-0.1, -0.05) is 12.1 Å². The van der Waals surface area contributed by atoms with E-state index in [4.69, 9.17) is 15.2 Å². The Morgan fingerprint density at radius 1 is 1.29 bits per heavy atom. The number of hydrogen-bond acceptors (Lipinski definition) is 3. The Balaban J connectivity index is 3.00. The molecule has 1 rings (SSSR count). The summed E-state index contributed by atoms with van der Waals surface area (Å²) in [5.74, 6) is -1.84. The van der Waals surface area contributed by atoms with E-state index in [9.17, 15) is 8.78 Å². The number of halogens is 2. The summed E-state index contributed by atoms with van der Waals surface area (Å²) in [6, 6.07) is 3.94. The molecule has 0 heterocycles. The highest BCUT2D eigenvalue weighted by atomic mass is 19.2. The molecule has 1 unspecified atom stereocenters. The van der Waals surface area contributed by atoms with Crippen LogP contribution in [-0.4, -0.2) is 20.5 Å². The highest BCUT2D eigenvalue weighted by molar-refractivity contribution is 5.26. The summed E-state index contributed by atoms with van der Waals surface area (Å²) in [7, 11) is 2.93. The molecule has 0 amide bonds. The molecule has 1 aromatic carbocycles. The number of benzene rings is 1. The van der Waals surface area contributed by atoms with Gasteiger partial charge in [0.2, 0.25) is 0 Å². The summed E-state index contributed by atoms with van der Waals surface area (Å²) in [4.78, 5) is 0. The van der Waals surface area contributed by atoms with Crippen LogP contribution in [-0.2, 0) is 15.0 Å². The first-order valence-electron chi connectivity index (χ1n) is 5.21. The largest absolute Gasteiger partial charge is 0.356 e. The lowest BCUT2D eigenvalue weighted by Gasteiger charge is -2.29. The fourth-order valence-electron chi connectivity index (χ4n) is 1.66. The molecule has 0 bridgehead atoms. The van der Waals surface area contributed by atoms with Crippen molar-refractivity contribution in [3.05, 3.63) is 35.4 Å². The second kappa shape index (κ2) is 5.53. The van der Waals surface area contributed by atoms with E-state index < -0.39 is 23.5 Å². The van der Waals surface area contributed by atoms with Crippen LogP contribution in [0.25, 0.3) is 0 Å². The molecular weight excluding hydrogens is 228 g/mol. The van der Waals surface area contributed by atoms with Gasteiger partial charge < -0.3 is 15.2 Å². The van der Waals surface area contributed by atoms with Gasteiger partial charge in [-0.25, -0.2) is 8.78 Å². The molecule has 0 saturated carbocycles. The normalized spacial score (nSPS) is 15.0. The van der Waals surface area contributed by atoms with Gasteiger partial charge in [-0.3, -0.25) is 0 Å². The smallest absolute Gasteiger partial charge is 0.163 e. The lowest BCUT2D eigenvalue weighted by Crippen LogP contribution is -2.39. The van der Waals surface area contributed by atoms with Gasteiger partial charge in [0.05, 0.1) is 0 Å². The van der Waals surface area contributed by atoms with E-state index in [1.165, 1.54) is 26.4 Å². The standard InChI is InChI=1S/C12H17F2NO2/c1-12(15,7-10(16-2)17-3)8-5-4-6-9(13)11(8)14/h4-6,10H,7,15H2,1-3H3. The zero-order valence-corrected chi connectivity index (χ0v) is 10.2. The molecule has 17 heavy (non-hydrogen) atoms. The van der Waals surface area contributed by atoms with Crippen LogP contribution < -0.4 is 5.73 Å². The fraction of sp³-hybridized carbons (Fsp3) is 0.500. The molecule has 1 aromatic rings. The first-order chi connectivity index (χ1) is 7.92. The highest BCUT2D eigenvalue weighted by Gasteiger charge is 2.29. The van der Waals surface area contributed by atoms with Crippen molar-refractivity contribution in [1.82, 2.24) is 0 Å². The molecule has 0 aliphatic rings. The quantitative estimate of drug-likeness (QED) is 0.808. The summed E-state index contributed by atoms with van der Waals surface area (Å²) in [6.07, 6.45) is -0.340. The molecule has 2 N–H and O–H groups in total. The SMILES string of the molecule is COC(CC(C)(N)c1cccc(F)c1F)OC. The van der Waals surface area contributed by atoms with Crippen molar-refractivity contribution in [1.29, 1.82) is 0 Å². The van der Waals surface area contributed by atoms with E-state index in [0.717, 1.165) is 6.07 Å². The minimum atomic E-state index is -1.07. The number of methoxy groups -OCH3 is 2. The van der Waals surface area contributed by atoms with Crippen molar-refractivity contribution in [3.63, 3.8) is 0 Å². The minimum Gasteiger partial charge on any atom is -0.356 e. The highest BCUT2D eigenvalue weighted by Crippen LogP contribution is 2.27. The summed E-state index contributed by atoms with van der Waals surface area (Å²) in [5, 5.41) is 0. The Bertz CT molecular complexity index is 379.